The predicted octanol–water partition coefficient (Wildman–Crippen LogP) is 2.40. The maximum atomic E-state index is 13.5. The number of amides is 3. The number of ether oxygens (including phenoxy) is 1. The van der Waals surface area contributed by atoms with Gasteiger partial charge in [-0.2, -0.15) is 5.26 Å². The van der Waals surface area contributed by atoms with Crippen molar-refractivity contribution in [3.05, 3.63) is 59.8 Å². The standard InChI is InChI=1S/C23H25N5O3/c1-31-14-13-27-21(29)23(28(22(27)30)17-18-5-3-2-4-6-18)8-11-26(12-9-23)20-15-19(16-24)7-10-25-20/h2-7,10,15H,8-9,11-14,17H2,1H3. The van der Waals surface area contributed by atoms with E-state index in [1.807, 2.05) is 30.3 Å². The van der Waals surface area contributed by atoms with E-state index in [1.165, 1.54) is 4.90 Å². The number of imide groups is 1. The molecule has 0 atom stereocenters. The first kappa shape index (κ1) is 20.8. The Morgan fingerprint density at radius 1 is 1.16 bits per heavy atom. The van der Waals surface area contributed by atoms with E-state index in [9.17, 15) is 9.59 Å². The van der Waals surface area contributed by atoms with Crippen LogP contribution in [-0.4, -0.2) is 65.6 Å². The number of urea groups is 1. The van der Waals surface area contributed by atoms with Crippen LogP contribution in [0.5, 0.6) is 0 Å². The van der Waals surface area contributed by atoms with E-state index in [0.717, 1.165) is 11.4 Å². The van der Waals surface area contributed by atoms with Gasteiger partial charge in [0.05, 0.1) is 24.8 Å². The van der Waals surface area contributed by atoms with Crippen molar-refractivity contribution in [2.75, 3.05) is 38.3 Å². The summed E-state index contributed by atoms with van der Waals surface area (Å²) in [6.45, 7) is 2.09. The molecule has 2 saturated heterocycles. The molecule has 2 fully saturated rings. The van der Waals surface area contributed by atoms with Crippen molar-refractivity contribution < 1.29 is 14.3 Å². The Bertz CT molecular complexity index is 996. The second kappa shape index (κ2) is 8.74. The minimum atomic E-state index is -0.871. The van der Waals surface area contributed by atoms with Crippen molar-refractivity contribution in [3.63, 3.8) is 0 Å². The van der Waals surface area contributed by atoms with Crippen LogP contribution in [0.15, 0.2) is 48.7 Å². The highest BCUT2D eigenvalue weighted by Gasteiger charge is 2.57. The Hall–Kier alpha value is -3.44. The topological polar surface area (TPSA) is 89.8 Å². The number of aromatic nitrogens is 1. The molecule has 0 saturated carbocycles. The van der Waals surface area contributed by atoms with Crippen molar-refractivity contribution >= 4 is 17.8 Å². The maximum Gasteiger partial charge on any atom is 0.328 e. The molecule has 31 heavy (non-hydrogen) atoms. The SMILES string of the molecule is COCCN1C(=O)N(Cc2ccccc2)C2(CCN(c3cc(C#N)ccn3)CC2)C1=O. The zero-order chi connectivity index (χ0) is 21.8. The molecular formula is C23H25N5O3. The van der Waals surface area contributed by atoms with Gasteiger partial charge < -0.3 is 14.5 Å². The molecular weight excluding hydrogens is 394 g/mol. The lowest BCUT2D eigenvalue weighted by Crippen LogP contribution is -2.56. The van der Waals surface area contributed by atoms with E-state index in [2.05, 4.69) is 16.0 Å². The van der Waals surface area contributed by atoms with Crippen molar-refractivity contribution in [2.45, 2.75) is 24.9 Å². The Balaban J connectivity index is 1.59. The number of benzene rings is 1. The summed E-state index contributed by atoms with van der Waals surface area (Å²) >= 11 is 0. The first-order chi connectivity index (χ1) is 15.1. The molecule has 1 spiro atoms. The van der Waals surface area contributed by atoms with Gasteiger partial charge in [-0.1, -0.05) is 30.3 Å². The van der Waals surface area contributed by atoms with Crippen LogP contribution >= 0.6 is 0 Å². The molecule has 2 aliphatic heterocycles. The molecule has 0 unspecified atom stereocenters. The lowest BCUT2D eigenvalue weighted by atomic mass is 9.85. The molecule has 1 aromatic heterocycles. The number of nitrogens with zero attached hydrogens (tertiary/aromatic N) is 5. The summed E-state index contributed by atoms with van der Waals surface area (Å²) in [4.78, 5) is 36.2. The molecule has 8 heteroatoms. The van der Waals surface area contributed by atoms with Gasteiger partial charge in [0.2, 0.25) is 0 Å². The van der Waals surface area contributed by atoms with Gasteiger partial charge in [0, 0.05) is 32.9 Å². The molecule has 8 nitrogen and oxygen atoms in total. The van der Waals surface area contributed by atoms with Gasteiger partial charge >= 0.3 is 6.03 Å². The molecule has 3 heterocycles. The van der Waals surface area contributed by atoms with Gasteiger partial charge in [0.15, 0.2) is 0 Å². The van der Waals surface area contributed by atoms with Gasteiger partial charge in [0.1, 0.15) is 11.4 Å². The van der Waals surface area contributed by atoms with Crippen molar-refractivity contribution in [1.82, 2.24) is 14.8 Å². The fourth-order valence-electron chi connectivity index (χ4n) is 4.40. The van der Waals surface area contributed by atoms with Gasteiger partial charge in [-0.15, -0.1) is 0 Å². The van der Waals surface area contributed by atoms with Crippen LogP contribution in [0.1, 0.15) is 24.0 Å². The summed E-state index contributed by atoms with van der Waals surface area (Å²) in [5.41, 5.74) is 0.667. The van der Waals surface area contributed by atoms with Crippen molar-refractivity contribution in [2.24, 2.45) is 0 Å². The van der Waals surface area contributed by atoms with E-state index in [0.29, 0.717) is 44.6 Å². The van der Waals surface area contributed by atoms with Crippen LogP contribution in [0.25, 0.3) is 0 Å². The number of methoxy groups -OCH3 is 1. The average Bonchev–Trinajstić information content (AvgIpc) is 3.00. The lowest BCUT2D eigenvalue weighted by molar-refractivity contribution is -0.134. The minimum Gasteiger partial charge on any atom is -0.383 e. The third kappa shape index (κ3) is 3.84. The quantitative estimate of drug-likeness (QED) is 0.668. The predicted molar refractivity (Wildman–Crippen MR) is 114 cm³/mol. The molecule has 0 N–H and O–H groups in total. The summed E-state index contributed by atoms with van der Waals surface area (Å²) in [5.74, 6) is 0.570. The highest BCUT2D eigenvalue weighted by Crippen LogP contribution is 2.39. The monoisotopic (exact) mass is 419 g/mol. The van der Waals surface area contributed by atoms with E-state index in [1.54, 1.807) is 30.3 Å². The average molecular weight is 419 g/mol. The van der Waals surface area contributed by atoms with Crippen LogP contribution in [-0.2, 0) is 16.1 Å². The molecule has 0 radical (unpaired) electrons. The van der Waals surface area contributed by atoms with Gasteiger partial charge in [-0.3, -0.25) is 9.69 Å². The van der Waals surface area contributed by atoms with Gasteiger partial charge in [0.25, 0.3) is 5.91 Å². The summed E-state index contributed by atoms with van der Waals surface area (Å²) < 4.78 is 5.12. The number of pyridine rings is 1. The normalized spacial score (nSPS) is 18.0. The highest BCUT2D eigenvalue weighted by molar-refractivity contribution is 6.07. The Morgan fingerprint density at radius 2 is 1.90 bits per heavy atom. The van der Waals surface area contributed by atoms with Gasteiger partial charge in [-0.25, -0.2) is 9.78 Å². The van der Waals surface area contributed by atoms with E-state index in [4.69, 9.17) is 10.00 Å². The molecule has 2 aromatic rings. The molecule has 0 aliphatic carbocycles. The fraction of sp³-hybridized carbons (Fsp3) is 0.391. The number of carbonyl (C=O) groups excluding carboxylic acids is 2. The largest absolute Gasteiger partial charge is 0.383 e. The third-order valence-electron chi connectivity index (χ3n) is 6.11. The number of piperidine rings is 1. The fourth-order valence-corrected chi connectivity index (χ4v) is 4.40. The zero-order valence-electron chi connectivity index (χ0n) is 17.5. The van der Waals surface area contributed by atoms with E-state index in [-0.39, 0.29) is 18.5 Å². The number of hydrogen-bond donors (Lipinski definition) is 0. The maximum absolute atomic E-state index is 13.5. The zero-order valence-corrected chi connectivity index (χ0v) is 17.5. The van der Waals surface area contributed by atoms with Crippen molar-refractivity contribution in [3.8, 4) is 6.07 Å². The van der Waals surface area contributed by atoms with Gasteiger partial charge in [-0.05, 0) is 30.5 Å². The number of hydrogen-bond acceptors (Lipinski definition) is 6. The van der Waals surface area contributed by atoms with Crippen LogP contribution < -0.4 is 4.90 Å². The summed E-state index contributed by atoms with van der Waals surface area (Å²) in [5, 5.41) is 9.17. The molecule has 3 amide bonds. The highest BCUT2D eigenvalue weighted by atomic mass is 16.5. The second-order valence-electron chi connectivity index (χ2n) is 7.84. The first-order valence-corrected chi connectivity index (χ1v) is 10.4. The Morgan fingerprint density at radius 3 is 2.58 bits per heavy atom. The molecule has 1 aromatic carbocycles. The number of rotatable bonds is 6. The molecule has 160 valence electrons. The first-order valence-electron chi connectivity index (χ1n) is 10.4. The molecule has 0 bridgehead atoms. The summed E-state index contributed by atoms with van der Waals surface area (Å²) in [6, 6.07) is 15.0. The third-order valence-corrected chi connectivity index (χ3v) is 6.11. The summed E-state index contributed by atoms with van der Waals surface area (Å²) in [6.07, 6.45) is 2.63. The van der Waals surface area contributed by atoms with E-state index < -0.39 is 5.54 Å². The number of nitriles is 1. The Labute approximate surface area is 181 Å². The van der Waals surface area contributed by atoms with Crippen LogP contribution in [0.2, 0.25) is 0 Å². The molecule has 2 aliphatic rings. The Kier molecular flexibility index (Phi) is 5.87. The summed E-state index contributed by atoms with van der Waals surface area (Å²) in [7, 11) is 1.56. The minimum absolute atomic E-state index is 0.149. The second-order valence-corrected chi connectivity index (χ2v) is 7.84. The van der Waals surface area contributed by atoms with E-state index >= 15 is 0 Å². The smallest absolute Gasteiger partial charge is 0.328 e. The van der Waals surface area contributed by atoms with Crippen LogP contribution in [0, 0.1) is 11.3 Å². The molecule has 4 rings (SSSR count). The van der Waals surface area contributed by atoms with Crippen LogP contribution in [0.4, 0.5) is 10.6 Å². The van der Waals surface area contributed by atoms with Crippen LogP contribution in [0.3, 0.4) is 0 Å². The number of anilines is 1. The lowest BCUT2D eigenvalue weighted by Gasteiger charge is -2.42. The van der Waals surface area contributed by atoms with Crippen molar-refractivity contribution in [1.29, 1.82) is 5.26 Å². The number of carbonyl (C=O) groups is 2.